The summed E-state index contributed by atoms with van der Waals surface area (Å²) in [6, 6.07) is 0. The lowest BCUT2D eigenvalue weighted by Crippen LogP contribution is -1.91. The number of carboxylic acid groups (broad SMARTS) is 2. The van der Waals surface area contributed by atoms with Gasteiger partial charge in [-0.05, 0) is 0 Å². The van der Waals surface area contributed by atoms with Gasteiger partial charge < -0.3 is 14.3 Å². The highest BCUT2D eigenvalue weighted by Crippen LogP contribution is 1.70. The molecular formula is C4H10O5Si2. The molecule has 0 heterocycles. The van der Waals surface area contributed by atoms with E-state index in [4.69, 9.17) is 10.2 Å². The van der Waals surface area contributed by atoms with E-state index in [0.29, 0.717) is 12.2 Å². The van der Waals surface area contributed by atoms with Crippen molar-refractivity contribution < 1.29 is 23.9 Å². The largest absolute Gasteiger partial charge is 0.478 e. The SMILES string of the molecule is O=C(O)/C=C/C(=O)O.[SiH3]O[SiH3]. The third-order valence-corrected chi connectivity index (χ3v) is 0.368. The molecule has 0 aliphatic carbocycles. The van der Waals surface area contributed by atoms with E-state index in [0.717, 1.165) is 21.0 Å². The van der Waals surface area contributed by atoms with Crippen molar-refractivity contribution in [3.8, 4) is 0 Å². The average molecular weight is 194 g/mol. The first-order valence-electron chi connectivity index (χ1n) is 2.58. The van der Waals surface area contributed by atoms with Gasteiger partial charge in [-0.2, -0.15) is 0 Å². The standard InChI is InChI=1S/C4H4O4.H6OSi2/c5-3(6)1-2-4(7)8;2-1-3/h1-2H,(H,5,6)(H,7,8);2-3H3/b2-1+;. The zero-order valence-corrected chi connectivity index (χ0v) is 10.3. The van der Waals surface area contributed by atoms with Crippen LogP contribution < -0.4 is 0 Å². The van der Waals surface area contributed by atoms with Crippen LogP contribution in [0.5, 0.6) is 0 Å². The van der Waals surface area contributed by atoms with Gasteiger partial charge in [0, 0.05) is 12.2 Å². The molecule has 0 rings (SSSR count). The van der Waals surface area contributed by atoms with Crippen molar-refractivity contribution in [3.05, 3.63) is 12.2 Å². The molecule has 5 nitrogen and oxygen atoms in total. The minimum absolute atomic E-state index is 0.558. The molecular weight excluding hydrogens is 184 g/mol. The fraction of sp³-hybridized carbons (Fsp3) is 0. The Labute approximate surface area is 69.8 Å². The molecule has 0 saturated carbocycles. The molecule has 0 aromatic heterocycles. The number of carbonyl (C=O) groups is 2. The molecule has 0 saturated heterocycles. The predicted octanol–water partition coefficient (Wildman–Crippen LogP) is -2.72. The third-order valence-electron chi connectivity index (χ3n) is 0.368. The topological polar surface area (TPSA) is 83.8 Å². The van der Waals surface area contributed by atoms with Gasteiger partial charge in [-0.15, -0.1) is 0 Å². The van der Waals surface area contributed by atoms with Crippen molar-refractivity contribution in [2.24, 2.45) is 0 Å². The Morgan fingerprint density at radius 2 is 1.27 bits per heavy atom. The van der Waals surface area contributed by atoms with Crippen LogP contribution in [0.25, 0.3) is 0 Å². The molecule has 64 valence electrons. The molecule has 0 fully saturated rings. The minimum atomic E-state index is -1.26. The molecule has 2 N–H and O–H groups in total. The van der Waals surface area contributed by atoms with Gasteiger partial charge in [0.25, 0.3) is 0 Å². The van der Waals surface area contributed by atoms with Crippen LogP contribution in [0.15, 0.2) is 12.2 Å². The summed E-state index contributed by atoms with van der Waals surface area (Å²) < 4.78 is 4.53. The monoisotopic (exact) mass is 194 g/mol. The zero-order chi connectivity index (χ0) is 9.28. The molecule has 0 amide bonds. The van der Waals surface area contributed by atoms with Crippen LogP contribution in [0.4, 0.5) is 0 Å². The molecule has 0 spiro atoms. The van der Waals surface area contributed by atoms with Gasteiger partial charge in [-0.25, -0.2) is 9.59 Å². The average Bonchev–Trinajstić information content (AvgIpc) is 1.85. The summed E-state index contributed by atoms with van der Waals surface area (Å²) >= 11 is 0. The maximum atomic E-state index is 9.55. The van der Waals surface area contributed by atoms with Gasteiger partial charge in [-0.3, -0.25) is 0 Å². The van der Waals surface area contributed by atoms with Crippen molar-refractivity contribution in [2.45, 2.75) is 0 Å². The van der Waals surface area contributed by atoms with Crippen molar-refractivity contribution >= 4 is 32.9 Å². The Morgan fingerprint density at radius 3 is 1.36 bits per heavy atom. The van der Waals surface area contributed by atoms with E-state index in [9.17, 15) is 9.59 Å². The van der Waals surface area contributed by atoms with E-state index in [1.54, 1.807) is 0 Å². The maximum absolute atomic E-state index is 9.55. The summed E-state index contributed by atoms with van der Waals surface area (Å²) in [5.74, 6) is -2.51. The van der Waals surface area contributed by atoms with E-state index in [2.05, 4.69) is 4.12 Å². The van der Waals surface area contributed by atoms with Crippen LogP contribution in [0, 0.1) is 0 Å². The lowest BCUT2D eigenvalue weighted by molar-refractivity contribution is -0.134. The Morgan fingerprint density at radius 1 is 1.09 bits per heavy atom. The van der Waals surface area contributed by atoms with Gasteiger partial charge in [0.15, 0.2) is 0 Å². The van der Waals surface area contributed by atoms with Crippen LogP contribution >= 0.6 is 0 Å². The number of aliphatic carboxylic acids is 2. The number of carboxylic acids is 2. The van der Waals surface area contributed by atoms with Gasteiger partial charge in [-0.1, -0.05) is 0 Å². The van der Waals surface area contributed by atoms with Crippen molar-refractivity contribution in [3.63, 3.8) is 0 Å². The second-order valence-electron chi connectivity index (χ2n) is 1.42. The first kappa shape index (κ1) is 12.7. The number of hydrogen-bond donors (Lipinski definition) is 2. The third kappa shape index (κ3) is 27.4. The summed E-state index contributed by atoms with van der Waals surface area (Å²) in [5.41, 5.74) is 0. The fourth-order valence-corrected chi connectivity index (χ4v) is 0.143. The normalized spacial score (nSPS) is 9.09. The Hall–Kier alpha value is -0.926. The van der Waals surface area contributed by atoms with Crippen molar-refractivity contribution in [2.75, 3.05) is 0 Å². The quantitative estimate of drug-likeness (QED) is 0.368. The van der Waals surface area contributed by atoms with E-state index >= 15 is 0 Å². The van der Waals surface area contributed by atoms with E-state index < -0.39 is 11.9 Å². The molecule has 0 aromatic rings. The second-order valence-corrected chi connectivity index (χ2v) is 4.68. The lowest BCUT2D eigenvalue weighted by Gasteiger charge is -1.74. The lowest BCUT2D eigenvalue weighted by atomic mass is 10.5. The highest BCUT2D eigenvalue weighted by molar-refractivity contribution is 6.15. The molecule has 0 unspecified atom stereocenters. The van der Waals surface area contributed by atoms with Crippen LogP contribution in [0.1, 0.15) is 0 Å². The molecule has 0 radical (unpaired) electrons. The van der Waals surface area contributed by atoms with Crippen LogP contribution in [-0.4, -0.2) is 43.1 Å². The Balaban J connectivity index is 0. The zero-order valence-electron chi connectivity index (χ0n) is 6.27. The van der Waals surface area contributed by atoms with Crippen LogP contribution in [0.3, 0.4) is 0 Å². The molecule has 0 aliphatic rings. The smallest absolute Gasteiger partial charge is 0.328 e. The number of rotatable bonds is 2. The summed E-state index contributed by atoms with van der Waals surface area (Å²) in [4.78, 5) is 19.1. The molecule has 0 atom stereocenters. The minimum Gasteiger partial charge on any atom is -0.478 e. The van der Waals surface area contributed by atoms with Crippen LogP contribution in [0.2, 0.25) is 0 Å². The molecule has 0 aromatic carbocycles. The summed E-state index contributed by atoms with van der Waals surface area (Å²) in [5, 5.41) is 15.6. The van der Waals surface area contributed by atoms with E-state index in [-0.39, 0.29) is 0 Å². The summed E-state index contributed by atoms with van der Waals surface area (Å²) in [6.07, 6.45) is 1.12. The van der Waals surface area contributed by atoms with Gasteiger partial charge >= 0.3 is 11.9 Å². The Kier molecular flexibility index (Phi) is 10.5. The van der Waals surface area contributed by atoms with Gasteiger partial charge in [0.1, 0.15) is 21.0 Å². The van der Waals surface area contributed by atoms with Crippen molar-refractivity contribution in [1.29, 1.82) is 0 Å². The molecule has 11 heavy (non-hydrogen) atoms. The first-order valence-corrected chi connectivity index (χ1v) is 4.22. The van der Waals surface area contributed by atoms with Crippen molar-refractivity contribution in [1.82, 2.24) is 0 Å². The molecule has 0 aliphatic heterocycles. The Bertz CT molecular complexity index is 139. The number of hydrogen-bond acceptors (Lipinski definition) is 3. The van der Waals surface area contributed by atoms with Gasteiger partial charge in [0.05, 0.1) is 0 Å². The highest BCUT2D eigenvalue weighted by Gasteiger charge is 1.88. The maximum Gasteiger partial charge on any atom is 0.328 e. The highest BCUT2D eigenvalue weighted by atomic mass is 28.3. The van der Waals surface area contributed by atoms with E-state index in [1.165, 1.54) is 0 Å². The molecule has 7 heteroatoms. The summed E-state index contributed by atoms with van der Waals surface area (Å²) in [7, 11) is 1.86. The first-order chi connectivity index (χ1) is 5.04. The van der Waals surface area contributed by atoms with E-state index in [1.807, 2.05) is 0 Å². The van der Waals surface area contributed by atoms with Crippen LogP contribution in [-0.2, 0) is 13.7 Å². The van der Waals surface area contributed by atoms with Gasteiger partial charge in [0.2, 0.25) is 0 Å². The summed E-state index contributed by atoms with van der Waals surface area (Å²) in [6.45, 7) is 0. The fourth-order valence-electron chi connectivity index (χ4n) is 0.143. The predicted molar refractivity (Wildman–Crippen MR) is 45.4 cm³/mol. The molecule has 0 bridgehead atoms. The second kappa shape index (κ2) is 9.07.